The maximum absolute atomic E-state index is 11.8. The molecule has 0 saturated carbocycles. The topological polar surface area (TPSA) is 115 Å². The van der Waals surface area contributed by atoms with Gasteiger partial charge in [0.15, 0.2) is 0 Å². The van der Waals surface area contributed by atoms with Crippen molar-refractivity contribution in [3.63, 3.8) is 0 Å². The molecular formula is C10H15LiN2O5S2. The van der Waals surface area contributed by atoms with Crippen LogP contribution in [-0.2, 0) is 20.1 Å². The van der Waals surface area contributed by atoms with Crippen LogP contribution in [0.3, 0.4) is 0 Å². The molecule has 0 aliphatic heterocycles. The maximum Gasteiger partial charge on any atom is 1.00 e. The summed E-state index contributed by atoms with van der Waals surface area (Å²) < 4.78 is 57.5. The molecule has 0 aromatic heterocycles. The average molecular weight is 314 g/mol. The monoisotopic (exact) mass is 314 g/mol. The predicted octanol–water partition coefficient (Wildman–Crippen LogP) is -2.71. The van der Waals surface area contributed by atoms with E-state index in [0.717, 1.165) is 12.6 Å². The molecule has 0 saturated heterocycles. The van der Waals surface area contributed by atoms with Gasteiger partial charge in [0.2, 0.25) is 10.0 Å². The van der Waals surface area contributed by atoms with Crippen LogP contribution in [0.15, 0.2) is 29.2 Å². The van der Waals surface area contributed by atoms with Crippen molar-refractivity contribution in [3.8, 4) is 0 Å². The summed E-state index contributed by atoms with van der Waals surface area (Å²) in [5.74, 6) is 0. The Kier molecular flexibility index (Phi) is 7.24. The molecule has 1 aromatic rings. The van der Waals surface area contributed by atoms with E-state index < -0.39 is 25.5 Å². The zero-order valence-electron chi connectivity index (χ0n) is 11.5. The van der Waals surface area contributed by atoms with Crippen molar-refractivity contribution >= 4 is 25.8 Å². The third-order valence-corrected chi connectivity index (χ3v) is 4.99. The van der Waals surface area contributed by atoms with Crippen molar-refractivity contribution in [2.45, 2.75) is 24.1 Å². The minimum absolute atomic E-state index is 0. The van der Waals surface area contributed by atoms with E-state index in [2.05, 4.69) is 5.32 Å². The van der Waals surface area contributed by atoms with Crippen molar-refractivity contribution in [1.29, 1.82) is 0 Å². The van der Waals surface area contributed by atoms with Gasteiger partial charge in [-0.15, -0.1) is 0 Å². The first-order valence-electron chi connectivity index (χ1n) is 5.48. The van der Waals surface area contributed by atoms with Crippen molar-refractivity contribution in [2.75, 3.05) is 11.9 Å². The number of anilines is 1. The molecule has 1 aromatic carbocycles. The number of benzene rings is 1. The molecule has 20 heavy (non-hydrogen) atoms. The SMILES string of the molecule is CCNc1ccc(S(=O)(=O)NC(C)S(=O)(=O)[O-])cc1.[Li+]. The summed E-state index contributed by atoms with van der Waals surface area (Å²) >= 11 is 0. The van der Waals surface area contributed by atoms with Gasteiger partial charge in [0, 0.05) is 12.2 Å². The van der Waals surface area contributed by atoms with Crippen molar-refractivity contribution in [1.82, 2.24) is 4.72 Å². The summed E-state index contributed by atoms with van der Waals surface area (Å²) in [4.78, 5) is -0.107. The van der Waals surface area contributed by atoms with Gasteiger partial charge in [-0.2, -0.15) is 4.72 Å². The molecule has 0 aliphatic rings. The van der Waals surface area contributed by atoms with Crippen LogP contribution in [0, 0.1) is 0 Å². The van der Waals surface area contributed by atoms with Crippen LogP contribution < -0.4 is 28.9 Å². The van der Waals surface area contributed by atoms with Crippen molar-refractivity contribution in [3.05, 3.63) is 24.3 Å². The van der Waals surface area contributed by atoms with E-state index in [4.69, 9.17) is 0 Å². The summed E-state index contributed by atoms with van der Waals surface area (Å²) in [7, 11) is -8.74. The van der Waals surface area contributed by atoms with Gasteiger partial charge in [-0.1, -0.05) is 0 Å². The van der Waals surface area contributed by atoms with Gasteiger partial charge in [0.1, 0.15) is 15.5 Å². The van der Waals surface area contributed by atoms with E-state index in [1.165, 1.54) is 12.1 Å². The largest absolute Gasteiger partial charge is 1.00 e. The summed E-state index contributed by atoms with van der Waals surface area (Å²) in [6.45, 7) is 3.57. The molecule has 0 fully saturated rings. The fourth-order valence-electron chi connectivity index (χ4n) is 1.30. The smallest absolute Gasteiger partial charge is 0.747 e. The molecule has 7 nitrogen and oxygen atoms in total. The molecule has 2 N–H and O–H groups in total. The van der Waals surface area contributed by atoms with Crippen LogP contribution in [0.4, 0.5) is 5.69 Å². The molecule has 0 heterocycles. The van der Waals surface area contributed by atoms with Crippen LogP contribution in [-0.4, -0.2) is 33.3 Å². The third-order valence-electron chi connectivity index (χ3n) is 2.30. The molecular weight excluding hydrogens is 299 g/mol. The molecule has 0 amide bonds. The Morgan fingerprint density at radius 3 is 2.05 bits per heavy atom. The minimum atomic E-state index is -4.71. The van der Waals surface area contributed by atoms with Gasteiger partial charge in [-0.25, -0.2) is 16.8 Å². The summed E-state index contributed by atoms with van der Waals surface area (Å²) in [5.41, 5.74) is 0.742. The number of hydrogen-bond donors (Lipinski definition) is 2. The van der Waals surface area contributed by atoms with E-state index in [9.17, 15) is 21.4 Å². The Labute approximate surface area is 131 Å². The second-order valence-corrected chi connectivity index (χ2v) is 7.22. The Morgan fingerprint density at radius 1 is 1.15 bits per heavy atom. The van der Waals surface area contributed by atoms with E-state index in [1.54, 1.807) is 12.1 Å². The second-order valence-electron chi connectivity index (χ2n) is 3.81. The molecule has 0 spiro atoms. The molecule has 108 valence electrons. The van der Waals surface area contributed by atoms with Crippen LogP contribution in [0.2, 0.25) is 0 Å². The summed E-state index contributed by atoms with van der Waals surface area (Å²) in [6, 6.07) is 5.75. The number of hydrogen-bond acceptors (Lipinski definition) is 6. The van der Waals surface area contributed by atoms with Gasteiger partial charge in [-0.05, 0) is 38.1 Å². The zero-order valence-corrected chi connectivity index (χ0v) is 13.1. The van der Waals surface area contributed by atoms with E-state index in [0.29, 0.717) is 6.54 Å². The van der Waals surface area contributed by atoms with Crippen LogP contribution in [0.5, 0.6) is 0 Å². The standard InChI is InChI=1S/C10H16N2O5S2.Li/c1-3-11-9-4-6-10(7-5-9)18(13,14)12-8(2)19(15,16)17;/h4-8,11-12H,3H2,1-2H3,(H,15,16,17);/q;+1/p-1. The fraction of sp³-hybridized carbons (Fsp3) is 0.400. The van der Waals surface area contributed by atoms with E-state index >= 15 is 0 Å². The van der Waals surface area contributed by atoms with Gasteiger partial charge < -0.3 is 9.87 Å². The number of sulfonamides is 1. The molecule has 0 aliphatic carbocycles. The summed E-state index contributed by atoms with van der Waals surface area (Å²) in [6.07, 6.45) is 0. The first-order valence-corrected chi connectivity index (χ1v) is 8.43. The van der Waals surface area contributed by atoms with E-state index in [1.807, 2.05) is 11.6 Å². The Morgan fingerprint density at radius 2 is 1.65 bits per heavy atom. The van der Waals surface area contributed by atoms with Gasteiger partial charge >= 0.3 is 18.9 Å². The third kappa shape index (κ3) is 5.44. The maximum atomic E-state index is 11.8. The van der Waals surface area contributed by atoms with Gasteiger partial charge in [-0.3, -0.25) is 0 Å². The molecule has 10 heteroatoms. The van der Waals surface area contributed by atoms with Gasteiger partial charge in [0.05, 0.1) is 4.90 Å². The van der Waals surface area contributed by atoms with Crippen molar-refractivity contribution in [2.24, 2.45) is 0 Å². The quantitative estimate of drug-likeness (QED) is 0.436. The minimum Gasteiger partial charge on any atom is -0.747 e. The number of nitrogens with one attached hydrogen (secondary N) is 2. The average Bonchev–Trinajstić information content (AvgIpc) is 2.28. The fourth-order valence-corrected chi connectivity index (χ4v) is 3.22. The molecule has 0 radical (unpaired) electrons. The predicted molar refractivity (Wildman–Crippen MR) is 70.1 cm³/mol. The van der Waals surface area contributed by atoms with Crippen LogP contribution in [0.25, 0.3) is 0 Å². The first-order chi connectivity index (χ1) is 8.66. The molecule has 0 bridgehead atoms. The van der Waals surface area contributed by atoms with Crippen LogP contribution in [0.1, 0.15) is 13.8 Å². The van der Waals surface area contributed by atoms with Crippen molar-refractivity contribution < 1.29 is 40.2 Å². The van der Waals surface area contributed by atoms with Gasteiger partial charge in [0.25, 0.3) is 0 Å². The molecule has 1 atom stereocenters. The Balaban J connectivity index is 0.00000361. The first kappa shape index (κ1) is 19.4. The normalized spacial score (nSPS) is 13.3. The second kappa shape index (κ2) is 7.45. The Bertz CT molecular complexity index is 628. The Hall–Kier alpha value is -0.563. The number of rotatable bonds is 6. The van der Waals surface area contributed by atoms with E-state index in [-0.39, 0.29) is 23.8 Å². The van der Waals surface area contributed by atoms with Crippen LogP contribution >= 0.6 is 0 Å². The molecule has 1 unspecified atom stereocenters. The zero-order chi connectivity index (χ0) is 14.7. The summed E-state index contributed by atoms with van der Waals surface area (Å²) in [5, 5.41) is 1.27. The molecule has 1 rings (SSSR count).